The first kappa shape index (κ1) is 22.0. The Morgan fingerprint density at radius 3 is 2.47 bits per heavy atom. The Labute approximate surface area is 200 Å². The molecule has 0 bridgehead atoms. The van der Waals surface area contributed by atoms with E-state index in [1.54, 1.807) is 7.11 Å². The molecule has 3 aromatic carbocycles. The fourth-order valence-corrected chi connectivity index (χ4v) is 4.73. The maximum Gasteiger partial charge on any atom is 0.133 e. The molecule has 0 radical (unpaired) electrons. The minimum Gasteiger partial charge on any atom is -0.496 e. The van der Waals surface area contributed by atoms with Crippen LogP contribution in [0.1, 0.15) is 23.6 Å². The van der Waals surface area contributed by atoms with Crippen molar-refractivity contribution in [1.82, 2.24) is 9.97 Å². The highest BCUT2D eigenvalue weighted by molar-refractivity contribution is 5.87. The molecule has 2 heterocycles. The summed E-state index contributed by atoms with van der Waals surface area (Å²) in [5.74, 6) is 1.73. The highest BCUT2D eigenvalue weighted by Gasteiger charge is 2.26. The number of anilines is 1. The second-order valence-electron chi connectivity index (χ2n) is 8.53. The zero-order valence-corrected chi connectivity index (χ0v) is 19.4. The van der Waals surface area contributed by atoms with Crippen LogP contribution in [0, 0.1) is 0 Å². The van der Waals surface area contributed by atoms with Gasteiger partial charge >= 0.3 is 0 Å². The van der Waals surface area contributed by atoms with Crippen molar-refractivity contribution in [2.45, 2.75) is 18.9 Å². The number of aromatic amines is 1. The first-order valence-electron chi connectivity index (χ1n) is 11.8. The third-order valence-electron chi connectivity index (χ3n) is 6.41. The van der Waals surface area contributed by atoms with Crippen LogP contribution in [0.3, 0.4) is 0 Å². The lowest BCUT2D eigenvalue weighted by molar-refractivity contribution is 0.419. The van der Waals surface area contributed by atoms with Gasteiger partial charge in [-0.15, -0.1) is 0 Å². The molecule has 5 nitrogen and oxygen atoms in total. The summed E-state index contributed by atoms with van der Waals surface area (Å²) < 4.78 is 5.78. The Balaban J connectivity index is 1.68. The summed E-state index contributed by atoms with van der Waals surface area (Å²) >= 11 is 0. The lowest BCUT2D eigenvalue weighted by Gasteiger charge is -2.33. The molecular weight excluding hydrogens is 420 g/mol. The molecule has 5 rings (SSSR count). The van der Waals surface area contributed by atoms with Crippen molar-refractivity contribution >= 4 is 27.6 Å². The van der Waals surface area contributed by atoms with Crippen molar-refractivity contribution in [1.29, 1.82) is 0 Å². The predicted molar refractivity (Wildman–Crippen MR) is 140 cm³/mol. The Morgan fingerprint density at radius 1 is 0.941 bits per heavy atom. The number of fused-ring (bicyclic) bond motifs is 2. The first-order chi connectivity index (χ1) is 16.8. The van der Waals surface area contributed by atoms with Crippen LogP contribution >= 0.6 is 0 Å². The highest BCUT2D eigenvalue weighted by Crippen LogP contribution is 2.37. The van der Waals surface area contributed by atoms with Gasteiger partial charge in [0.15, 0.2) is 0 Å². The van der Waals surface area contributed by atoms with Crippen LogP contribution in [0.25, 0.3) is 21.8 Å². The van der Waals surface area contributed by atoms with E-state index in [0.717, 1.165) is 47.4 Å². The summed E-state index contributed by atoms with van der Waals surface area (Å²) in [6.45, 7) is 1.41. The number of hydrogen-bond donors (Lipinski definition) is 2. The number of para-hydroxylation sites is 2. The van der Waals surface area contributed by atoms with Gasteiger partial charge in [-0.25, -0.2) is 4.98 Å². The number of rotatable bonds is 9. The second kappa shape index (κ2) is 9.98. The topological polar surface area (TPSA) is 67.2 Å². The summed E-state index contributed by atoms with van der Waals surface area (Å²) in [5, 5.41) is 2.24. The fraction of sp³-hybridized carbons (Fsp3) is 0.207. The largest absolute Gasteiger partial charge is 0.496 e. The van der Waals surface area contributed by atoms with E-state index in [4.69, 9.17) is 15.5 Å². The third-order valence-corrected chi connectivity index (χ3v) is 6.41. The summed E-state index contributed by atoms with van der Waals surface area (Å²) in [5.41, 5.74) is 10.6. The quantitative estimate of drug-likeness (QED) is 0.295. The molecule has 34 heavy (non-hydrogen) atoms. The summed E-state index contributed by atoms with van der Waals surface area (Å²) in [4.78, 5) is 11.0. The normalized spacial score (nSPS) is 12.2. The molecule has 0 spiro atoms. The Kier molecular flexibility index (Phi) is 6.45. The van der Waals surface area contributed by atoms with Gasteiger partial charge < -0.3 is 20.4 Å². The maximum absolute atomic E-state index is 5.99. The van der Waals surface area contributed by atoms with E-state index in [-0.39, 0.29) is 6.04 Å². The van der Waals surface area contributed by atoms with Gasteiger partial charge in [0, 0.05) is 40.7 Å². The monoisotopic (exact) mass is 450 g/mol. The van der Waals surface area contributed by atoms with Gasteiger partial charge in [-0.05, 0) is 43.1 Å². The van der Waals surface area contributed by atoms with Gasteiger partial charge in [0.2, 0.25) is 0 Å². The average Bonchev–Trinajstić information content (AvgIpc) is 3.32. The van der Waals surface area contributed by atoms with Gasteiger partial charge in [0.25, 0.3) is 0 Å². The minimum absolute atomic E-state index is 0.0727. The van der Waals surface area contributed by atoms with Crippen molar-refractivity contribution < 1.29 is 4.74 Å². The second-order valence-corrected chi connectivity index (χ2v) is 8.53. The van der Waals surface area contributed by atoms with Gasteiger partial charge in [-0.2, -0.15) is 0 Å². The lowest BCUT2D eigenvalue weighted by atomic mass is 9.96. The van der Waals surface area contributed by atoms with E-state index in [1.807, 2.05) is 18.2 Å². The molecule has 1 atom stereocenters. The molecule has 0 saturated carbocycles. The number of methoxy groups -OCH3 is 1. The number of nitrogens with two attached hydrogens (primary N) is 1. The Hall–Kier alpha value is -3.83. The average molecular weight is 451 g/mol. The summed E-state index contributed by atoms with van der Waals surface area (Å²) in [7, 11) is 1.72. The third kappa shape index (κ3) is 4.35. The molecule has 3 N–H and O–H groups in total. The van der Waals surface area contributed by atoms with Crippen LogP contribution in [-0.2, 0) is 6.42 Å². The van der Waals surface area contributed by atoms with Gasteiger partial charge in [0.05, 0.1) is 18.7 Å². The number of ether oxygens (including phenoxy) is 1. The van der Waals surface area contributed by atoms with Crippen molar-refractivity contribution in [3.05, 3.63) is 102 Å². The minimum atomic E-state index is 0.0727. The van der Waals surface area contributed by atoms with E-state index < -0.39 is 0 Å². The van der Waals surface area contributed by atoms with Crippen LogP contribution < -0.4 is 15.4 Å². The maximum atomic E-state index is 5.99. The van der Waals surface area contributed by atoms with Crippen molar-refractivity contribution in [3.8, 4) is 5.75 Å². The van der Waals surface area contributed by atoms with E-state index in [2.05, 4.69) is 82.8 Å². The number of H-pyrrole nitrogens is 1. The number of hydrogen-bond acceptors (Lipinski definition) is 4. The molecular formula is C29H30N4O. The molecule has 0 amide bonds. The predicted octanol–water partition coefficient (Wildman–Crippen LogP) is 5.86. The molecule has 5 heteroatoms. The summed E-state index contributed by atoms with van der Waals surface area (Å²) in [6.07, 6.45) is 3.86. The number of aromatic nitrogens is 2. The Bertz CT molecular complexity index is 1380. The van der Waals surface area contributed by atoms with E-state index in [0.29, 0.717) is 6.54 Å². The molecule has 0 saturated heterocycles. The number of benzene rings is 3. The van der Waals surface area contributed by atoms with E-state index in [1.165, 1.54) is 16.5 Å². The van der Waals surface area contributed by atoms with Gasteiger partial charge in [-0.3, -0.25) is 0 Å². The van der Waals surface area contributed by atoms with Crippen molar-refractivity contribution in [2.75, 3.05) is 25.1 Å². The molecule has 0 aliphatic rings. The molecule has 0 aliphatic carbocycles. The van der Waals surface area contributed by atoms with Crippen LogP contribution in [0.15, 0.2) is 91.1 Å². The molecule has 1 unspecified atom stereocenters. The number of pyridine rings is 1. The van der Waals surface area contributed by atoms with Crippen molar-refractivity contribution in [3.63, 3.8) is 0 Å². The van der Waals surface area contributed by atoms with Gasteiger partial charge in [-0.1, -0.05) is 60.7 Å². The van der Waals surface area contributed by atoms with E-state index in [9.17, 15) is 0 Å². The molecule has 0 fully saturated rings. The lowest BCUT2D eigenvalue weighted by Crippen LogP contribution is -2.33. The standard InChI is InChI=1S/C29H30N4O/c1-34-28-19-29(32-26-15-8-6-13-23(26)28)33(17-9-16-30)27(18-21-10-3-2-4-11-21)24-20-31-25-14-7-5-12-22(24)25/h2-8,10-15,19-20,27,31H,9,16-18,30H2,1H3. The van der Waals surface area contributed by atoms with E-state index >= 15 is 0 Å². The zero-order valence-electron chi connectivity index (χ0n) is 19.4. The fourth-order valence-electron chi connectivity index (χ4n) is 4.73. The first-order valence-corrected chi connectivity index (χ1v) is 11.8. The summed E-state index contributed by atoms with van der Waals surface area (Å²) in [6, 6.07) is 29.4. The molecule has 5 aromatic rings. The SMILES string of the molecule is COc1cc(N(CCCN)C(Cc2ccccc2)c2c[nH]c3ccccc23)nc2ccccc12. The van der Waals surface area contributed by atoms with Crippen molar-refractivity contribution in [2.24, 2.45) is 5.73 Å². The zero-order chi connectivity index (χ0) is 23.3. The van der Waals surface area contributed by atoms with Gasteiger partial charge in [0.1, 0.15) is 11.6 Å². The smallest absolute Gasteiger partial charge is 0.133 e. The van der Waals surface area contributed by atoms with Crippen LogP contribution in [0.2, 0.25) is 0 Å². The molecule has 0 aliphatic heterocycles. The Morgan fingerprint density at radius 2 is 1.68 bits per heavy atom. The highest BCUT2D eigenvalue weighted by atomic mass is 16.5. The van der Waals surface area contributed by atoms with Crippen LogP contribution in [0.4, 0.5) is 5.82 Å². The number of nitrogens with one attached hydrogen (secondary N) is 1. The molecule has 2 aromatic heterocycles. The molecule has 172 valence electrons. The number of nitrogens with zero attached hydrogens (tertiary/aromatic N) is 2. The van der Waals surface area contributed by atoms with Crippen LogP contribution in [-0.4, -0.2) is 30.2 Å². The van der Waals surface area contributed by atoms with Crippen LogP contribution in [0.5, 0.6) is 5.75 Å².